The van der Waals surface area contributed by atoms with Gasteiger partial charge in [-0.2, -0.15) is 5.10 Å². The van der Waals surface area contributed by atoms with Gasteiger partial charge in [0.05, 0.1) is 10.7 Å². The van der Waals surface area contributed by atoms with Gasteiger partial charge in [0.1, 0.15) is 0 Å². The van der Waals surface area contributed by atoms with Crippen LogP contribution in [0, 0.1) is 0 Å². The monoisotopic (exact) mass is 243 g/mol. The predicted octanol–water partition coefficient (Wildman–Crippen LogP) is 1.79. The largest absolute Gasteiger partial charge is 0.314 e. The fourth-order valence-corrected chi connectivity index (χ4v) is 2.08. The minimum atomic E-state index is 0.711. The van der Waals surface area contributed by atoms with Gasteiger partial charge in [-0.3, -0.25) is 4.68 Å². The summed E-state index contributed by atoms with van der Waals surface area (Å²) in [5.74, 6) is 0. The molecule has 1 N–H and O–H groups in total. The van der Waals surface area contributed by atoms with Crippen LogP contribution in [0.1, 0.15) is 19.3 Å². The van der Waals surface area contributed by atoms with Crippen LogP contribution >= 0.6 is 15.9 Å². The molecule has 2 heterocycles. The zero-order chi connectivity index (χ0) is 9.10. The quantitative estimate of drug-likeness (QED) is 0.878. The molecule has 1 aliphatic rings. The number of halogens is 1. The molecule has 2 rings (SSSR count). The molecule has 1 saturated heterocycles. The molecule has 0 spiro atoms. The summed E-state index contributed by atoms with van der Waals surface area (Å²) < 4.78 is 3.05. The first-order valence-corrected chi connectivity index (χ1v) is 5.55. The molecule has 4 heteroatoms. The maximum Gasteiger partial charge on any atom is 0.0632 e. The third-order valence-corrected chi connectivity index (χ3v) is 2.88. The van der Waals surface area contributed by atoms with Gasteiger partial charge in [-0.1, -0.05) is 0 Å². The Morgan fingerprint density at radius 2 is 2.62 bits per heavy atom. The molecule has 0 saturated carbocycles. The van der Waals surface area contributed by atoms with Gasteiger partial charge >= 0.3 is 0 Å². The topological polar surface area (TPSA) is 29.9 Å². The zero-order valence-electron chi connectivity index (χ0n) is 7.54. The second-order valence-corrected chi connectivity index (χ2v) is 4.42. The standard InChI is InChI=1S/C9H14BrN3/c10-8-6-12-13(7-8)5-3-9-2-1-4-11-9/h6-7,9,11H,1-5H2. The molecule has 1 aliphatic heterocycles. The Labute approximate surface area is 86.6 Å². The first-order chi connectivity index (χ1) is 6.34. The van der Waals surface area contributed by atoms with Crippen LogP contribution in [-0.4, -0.2) is 22.4 Å². The molecular weight excluding hydrogens is 230 g/mol. The molecule has 3 nitrogen and oxygen atoms in total. The molecule has 13 heavy (non-hydrogen) atoms. The van der Waals surface area contributed by atoms with Crippen molar-refractivity contribution >= 4 is 15.9 Å². The molecule has 1 atom stereocenters. The van der Waals surface area contributed by atoms with Crippen molar-refractivity contribution < 1.29 is 0 Å². The molecule has 0 bridgehead atoms. The Bertz CT molecular complexity index is 266. The van der Waals surface area contributed by atoms with Gasteiger partial charge in [0.2, 0.25) is 0 Å². The molecule has 1 aromatic heterocycles. The fourth-order valence-electron chi connectivity index (χ4n) is 1.75. The molecule has 0 aromatic carbocycles. The van der Waals surface area contributed by atoms with Crippen molar-refractivity contribution in [2.75, 3.05) is 6.54 Å². The van der Waals surface area contributed by atoms with E-state index in [0.717, 1.165) is 11.0 Å². The minimum absolute atomic E-state index is 0.711. The maximum absolute atomic E-state index is 4.22. The smallest absolute Gasteiger partial charge is 0.0632 e. The van der Waals surface area contributed by atoms with Gasteiger partial charge < -0.3 is 5.32 Å². The minimum Gasteiger partial charge on any atom is -0.314 e. The number of hydrogen-bond acceptors (Lipinski definition) is 2. The summed E-state index contributed by atoms with van der Waals surface area (Å²) in [6.07, 6.45) is 7.70. The lowest BCUT2D eigenvalue weighted by Gasteiger charge is -2.09. The lowest BCUT2D eigenvalue weighted by molar-refractivity contribution is 0.481. The van der Waals surface area contributed by atoms with Crippen LogP contribution < -0.4 is 5.32 Å². The summed E-state index contributed by atoms with van der Waals surface area (Å²) in [5, 5.41) is 7.70. The van der Waals surface area contributed by atoms with Crippen molar-refractivity contribution in [2.45, 2.75) is 31.8 Å². The highest BCUT2D eigenvalue weighted by atomic mass is 79.9. The number of rotatable bonds is 3. The van der Waals surface area contributed by atoms with E-state index in [9.17, 15) is 0 Å². The van der Waals surface area contributed by atoms with Crippen LogP contribution in [0.15, 0.2) is 16.9 Å². The van der Waals surface area contributed by atoms with E-state index in [4.69, 9.17) is 0 Å². The van der Waals surface area contributed by atoms with Gasteiger partial charge in [0.25, 0.3) is 0 Å². The second kappa shape index (κ2) is 4.24. The van der Waals surface area contributed by atoms with Crippen LogP contribution in [0.5, 0.6) is 0 Å². The van der Waals surface area contributed by atoms with Crippen molar-refractivity contribution in [1.82, 2.24) is 15.1 Å². The van der Waals surface area contributed by atoms with E-state index < -0.39 is 0 Å². The molecule has 1 unspecified atom stereocenters. The lowest BCUT2D eigenvalue weighted by Crippen LogP contribution is -2.22. The third kappa shape index (κ3) is 2.54. The van der Waals surface area contributed by atoms with E-state index in [-0.39, 0.29) is 0 Å². The summed E-state index contributed by atoms with van der Waals surface area (Å²) in [5.41, 5.74) is 0. The summed E-state index contributed by atoms with van der Waals surface area (Å²) in [6, 6.07) is 0.711. The maximum atomic E-state index is 4.22. The molecule has 0 radical (unpaired) electrons. The number of hydrogen-bond donors (Lipinski definition) is 1. The van der Waals surface area contributed by atoms with Gasteiger partial charge in [-0.05, 0) is 41.7 Å². The van der Waals surface area contributed by atoms with Gasteiger partial charge in [-0.15, -0.1) is 0 Å². The Hall–Kier alpha value is -0.350. The average Bonchev–Trinajstić information content (AvgIpc) is 2.71. The second-order valence-electron chi connectivity index (χ2n) is 3.50. The molecule has 0 aliphatic carbocycles. The Morgan fingerprint density at radius 1 is 1.69 bits per heavy atom. The predicted molar refractivity (Wildman–Crippen MR) is 55.6 cm³/mol. The molecule has 1 aromatic rings. The van der Waals surface area contributed by atoms with Crippen LogP contribution in [0.2, 0.25) is 0 Å². The molecule has 1 fully saturated rings. The van der Waals surface area contributed by atoms with Crippen molar-refractivity contribution in [3.8, 4) is 0 Å². The van der Waals surface area contributed by atoms with Crippen LogP contribution in [-0.2, 0) is 6.54 Å². The normalized spacial score (nSPS) is 22.4. The van der Waals surface area contributed by atoms with E-state index in [0.29, 0.717) is 6.04 Å². The van der Waals surface area contributed by atoms with Gasteiger partial charge in [0, 0.05) is 18.8 Å². The van der Waals surface area contributed by atoms with E-state index in [1.807, 2.05) is 17.1 Å². The van der Waals surface area contributed by atoms with E-state index in [1.54, 1.807) is 0 Å². The first kappa shape index (κ1) is 9.21. The van der Waals surface area contributed by atoms with Crippen LogP contribution in [0.4, 0.5) is 0 Å². The number of nitrogens with zero attached hydrogens (tertiary/aromatic N) is 2. The van der Waals surface area contributed by atoms with Crippen LogP contribution in [0.3, 0.4) is 0 Å². The van der Waals surface area contributed by atoms with Crippen molar-refractivity contribution in [3.05, 3.63) is 16.9 Å². The van der Waals surface area contributed by atoms with Gasteiger partial charge in [-0.25, -0.2) is 0 Å². The SMILES string of the molecule is Brc1cnn(CCC2CCCN2)c1. The highest BCUT2D eigenvalue weighted by Gasteiger charge is 2.13. The van der Waals surface area contributed by atoms with Crippen molar-refractivity contribution in [3.63, 3.8) is 0 Å². The van der Waals surface area contributed by atoms with Crippen LogP contribution in [0.25, 0.3) is 0 Å². The Balaban J connectivity index is 1.78. The lowest BCUT2D eigenvalue weighted by atomic mass is 10.2. The summed E-state index contributed by atoms with van der Waals surface area (Å²) in [6.45, 7) is 2.21. The highest BCUT2D eigenvalue weighted by molar-refractivity contribution is 9.10. The van der Waals surface area contributed by atoms with E-state index >= 15 is 0 Å². The summed E-state index contributed by atoms with van der Waals surface area (Å²) in [4.78, 5) is 0. The van der Waals surface area contributed by atoms with E-state index in [2.05, 4.69) is 26.3 Å². The number of aryl methyl sites for hydroxylation is 1. The molecule has 72 valence electrons. The molecule has 0 amide bonds. The highest BCUT2D eigenvalue weighted by Crippen LogP contribution is 2.11. The summed E-state index contributed by atoms with van der Waals surface area (Å²) >= 11 is 3.39. The number of aromatic nitrogens is 2. The third-order valence-electron chi connectivity index (χ3n) is 2.47. The van der Waals surface area contributed by atoms with E-state index in [1.165, 1.54) is 25.8 Å². The Morgan fingerprint density at radius 3 is 3.23 bits per heavy atom. The van der Waals surface area contributed by atoms with Crippen molar-refractivity contribution in [2.24, 2.45) is 0 Å². The molecular formula is C9H14BrN3. The average molecular weight is 244 g/mol. The summed E-state index contributed by atoms with van der Waals surface area (Å²) in [7, 11) is 0. The fraction of sp³-hybridized carbons (Fsp3) is 0.667. The Kier molecular flexibility index (Phi) is 3.01. The number of nitrogens with one attached hydrogen (secondary N) is 1. The zero-order valence-corrected chi connectivity index (χ0v) is 9.13. The van der Waals surface area contributed by atoms with Gasteiger partial charge in [0.15, 0.2) is 0 Å². The van der Waals surface area contributed by atoms with Crippen molar-refractivity contribution in [1.29, 1.82) is 0 Å². The first-order valence-electron chi connectivity index (χ1n) is 4.76.